The van der Waals surface area contributed by atoms with E-state index < -0.39 is 23.9 Å². The van der Waals surface area contributed by atoms with E-state index in [4.69, 9.17) is 23.7 Å². The standard InChI is InChI=1S/C32H33BrN4O8/c1-5-43-31(39)29-19(2)35-32(40)36-30(29)22-9-13-25(27(15-22)42-4)45-18-28(38)37-34-16-21-8-12-24(26(14-21)41-3)44-17-20-6-10-23(33)11-7-20/h6-16,30H,5,17-18H2,1-4H3,(H,37,38)(H2,35,36,40)/b34-16-/t30-/m0/s1. The van der Waals surface area contributed by atoms with Crippen LogP contribution >= 0.6 is 15.9 Å². The predicted octanol–water partition coefficient (Wildman–Crippen LogP) is 4.77. The summed E-state index contributed by atoms with van der Waals surface area (Å²) in [6, 6.07) is 16.8. The van der Waals surface area contributed by atoms with Crippen molar-refractivity contribution in [2.24, 2.45) is 5.10 Å². The third-order valence-corrected chi connectivity index (χ3v) is 7.07. The summed E-state index contributed by atoms with van der Waals surface area (Å²) >= 11 is 3.42. The second-order valence-electron chi connectivity index (χ2n) is 9.61. The molecule has 1 heterocycles. The molecular weight excluding hydrogens is 648 g/mol. The summed E-state index contributed by atoms with van der Waals surface area (Å²) in [5.41, 5.74) is 5.33. The van der Waals surface area contributed by atoms with Gasteiger partial charge in [0.2, 0.25) is 0 Å². The molecule has 0 unspecified atom stereocenters. The Morgan fingerprint density at radius 2 is 1.64 bits per heavy atom. The fourth-order valence-electron chi connectivity index (χ4n) is 4.39. The number of hydrazone groups is 1. The molecule has 0 radical (unpaired) electrons. The van der Waals surface area contributed by atoms with Gasteiger partial charge in [-0.05, 0) is 73.0 Å². The lowest BCUT2D eigenvalue weighted by molar-refractivity contribution is -0.139. The molecule has 12 nitrogen and oxygen atoms in total. The summed E-state index contributed by atoms with van der Waals surface area (Å²) < 4.78 is 28.6. The molecule has 0 fully saturated rings. The van der Waals surface area contributed by atoms with Gasteiger partial charge in [0.25, 0.3) is 5.91 Å². The monoisotopic (exact) mass is 680 g/mol. The van der Waals surface area contributed by atoms with Crippen molar-refractivity contribution in [2.45, 2.75) is 26.5 Å². The van der Waals surface area contributed by atoms with Crippen molar-refractivity contribution in [2.75, 3.05) is 27.4 Å². The average Bonchev–Trinajstić information content (AvgIpc) is 3.03. The van der Waals surface area contributed by atoms with Crippen LogP contribution in [0.4, 0.5) is 4.79 Å². The highest BCUT2D eigenvalue weighted by molar-refractivity contribution is 9.10. The molecule has 236 valence electrons. The maximum absolute atomic E-state index is 12.6. The maximum atomic E-state index is 12.6. The SMILES string of the molecule is CCOC(=O)C1=C(C)NC(=O)N[C@H]1c1ccc(OCC(=O)N/N=C\c2ccc(OCc3ccc(Br)cc3)c(OC)c2)c(OC)c1. The highest BCUT2D eigenvalue weighted by Gasteiger charge is 2.32. The fraction of sp³-hybridized carbons (Fsp3) is 0.250. The lowest BCUT2D eigenvalue weighted by atomic mass is 9.95. The Morgan fingerprint density at radius 1 is 0.956 bits per heavy atom. The van der Waals surface area contributed by atoms with Gasteiger partial charge in [0.15, 0.2) is 29.6 Å². The molecule has 0 saturated carbocycles. The second kappa shape index (κ2) is 15.6. The van der Waals surface area contributed by atoms with Crippen molar-refractivity contribution in [3.63, 3.8) is 0 Å². The van der Waals surface area contributed by atoms with Crippen LogP contribution in [-0.4, -0.2) is 51.6 Å². The van der Waals surface area contributed by atoms with Crippen LogP contribution in [0.3, 0.4) is 0 Å². The van der Waals surface area contributed by atoms with Gasteiger partial charge >= 0.3 is 12.0 Å². The largest absolute Gasteiger partial charge is 0.493 e. The first kappa shape index (κ1) is 32.9. The van der Waals surface area contributed by atoms with Crippen LogP contribution < -0.4 is 35.0 Å². The summed E-state index contributed by atoms with van der Waals surface area (Å²) in [6.07, 6.45) is 1.47. The van der Waals surface area contributed by atoms with Gasteiger partial charge < -0.3 is 34.3 Å². The van der Waals surface area contributed by atoms with Gasteiger partial charge in [-0.2, -0.15) is 5.10 Å². The first-order valence-electron chi connectivity index (χ1n) is 13.9. The molecule has 0 spiro atoms. The van der Waals surface area contributed by atoms with Gasteiger partial charge in [-0.1, -0.05) is 34.1 Å². The Kier molecular flexibility index (Phi) is 11.4. The number of nitrogens with zero attached hydrogens (tertiary/aromatic N) is 1. The molecule has 45 heavy (non-hydrogen) atoms. The van der Waals surface area contributed by atoms with E-state index in [9.17, 15) is 14.4 Å². The van der Waals surface area contributed by atoms with E-state index in [1.807, 2.05) is 24.3 Å². The zero-order valence-corrected chi connectivity index (χ0v) is 26.7. The Bertz CT molecular complexity index is 1610. The number of carbonyl (C=O) groups is 3. The molecule has 3 N–H and O–H groups in total. The Morgan fingerprint density at radius 3 is 2.36 bits per heavy atom. The number of methoxy groups -OCH3 is 2. The van der Waals surface area contributed by atoms with E-state index in [-0.39, 0.29) is 24.5 Å². The summed E-state index contributed by atoms with van der Waals surface area (Å²) in [6.45, 7) is 3.53. The minimum atomic E-state index is -0.774. The van der Waals surface area contributed by atoms with Gasteiger partial charge in [0, 0.05) is 10.2 Å². The van der Waals surface area contributed by atoms with Crippen molar-refractivity contribution in [3.8, 4) is 23.0 Å². The zero-order valence-electron chi connectivity index (χ0n) is 25.1. The quantitative estimate of drug-likeness (QED) is 0.133. The Balaban J connectivity index is 1.35. The number of rotatable bonds is 13. The third-order valence-electron chi connectivity index (χ3n) is 6.54. The fourth-order valence-corrected chi connectivity index (χ4v) is 4.65. The molecule has 0 bridgehead atoms. The van der Waals surface area contributed by atoms with Crippen LogP contribution in [0.2, 0.25) is 0 Å². The maximum Gasteiger partial charge on any atom is 0.338 e. The van der Waals surface area contributed by atoms with E-state index in [1.165, 1.54) is 13.3 Å². The highest BCUT2D eigenvalue weighted by atomic mass is 79.9. The van der Waals surface area contributed by atoms with Crippen LogP contribution in [0.15, 0.2) is 81.5 Å². The molecule has 0 aliphatic carbocycles. The van der Waals surface area contributed by atoms with E-state index >= 15 is 0 Å². The van der Waals surface area contributed by atoms with Gasteiger partial charge in [0.1, 0.15) is 6.61 Å². The van der Waals surface area contributed by atoms with E-state index in [2.05, 4.69) is 37.1 Å². The van der Waals surface area contributed by atoms with Crippen LogP contribution in [-0.2, 0) is 20.9 Å². The first-order valence-corrected chi connectivity index (χ1v) is 14.6. The Labute approximate surface area is 268 Å². The third kappa shape index (κ3) is 8.76. The number of hydrogen-bond acceptors (Lipinski definition) is 9. The van der Waals surface area contributed by atoms with Crippen LogP contribution in [0.25, 0.3) is 0 Å². The van der Waals surface area contributed by atoms with Crippen LogP contribution in [0.5, 0.6) is 23.0 Å². The summed E-state index contributed by atoms with van der Waals surface area (Å²) in [7, 11) is 2.98. The minimum Gasteiger partial charge on any atom is -0.493 e. The minimum absolute atomic E-state index is 0.182. The number of ether oxygens (including phenoxy) is 5. The summed E-state index contributed by atoms with van der Waals surface area (Å²) in [5, 5.41) is 9.33. The molecular formula is C32H33BrN4O8. The van der Waals surface area contributed by atoms with Crippen molar-refractivity contribution in [3.05, 3.63) is 93.1 Å². The number of esters is 1. The normalized spacial score (nSPS) is 14.3. The van der Waals surface area contributed by atoms with E-state index in [0.29, 0.717) is 40.7 Å². The molecule has 0 aromatic heterocycles. The molecule has 4 rings (SSSR count). The number of allylic oxidation sites excluding steroid dienone is 1. The Hall–Kier alpha value is -5.04. The lowest BCUT2D eigenvalue weighted by Gasteiger charge is -2.28. The number of urea groups is 1. The highest BCUT2D eigenvalue weighted by Crippen LogP contribution is 2.34. The lowest BCUT2D eigenvalue weighted by Crippen LogP contribution is -2.45. The zero-order chi connectivity index (χ0) is 32.3. The average molecular weight is 682 g/mol. The predicted molar refractivity (Wildman–Crippen MR) is 169 cm³/mol. The molecule has 3 aromatic rings. The molecule has 1 aliphatic rings. The van der Waals surface area contributed by atoms with Gasteiger partial charge in [0.05, 0.1) is 38.7 Å². The van der Waals surface area contributed by atoms with Gasteiger partial charge in [-0.3, -0.25) is 4.79 Å². The number of hydrogen-bond donors (Lipinski definition) is 3. The van der Waals surface area contributed by atoms with E-state index in [0.717, 1.165) is 10.0 Å². The molecule has 13 heteroatoms. The van der Waals surface area contributed by atoms with Crippen molar-refractivity contribution in [1.82, 2.24) is 16.1 Å². The molecule has 3 amide bonds. The first-order chi connectivity index (χ1) is 21.7. The summed E-state index contributed by atoms with van der Waals surface area (Å²) in [5.74, 6) is 0.608. The number of amides is 3. The molecule has 1 atom stereocenters. The topological polar surface area (TPSA) is 146 Å². The number of nitrogens with one attached hydrogen (secondary N) is 3. The van der Waals surface area contributed by atoms with Crippen molar-refractivity contribution in [1.29, 1.82) is 0 Å². The second-order valence-corrected chi connectivity index (χ2v) is 10.5. The molecule has 1 aliphatic heterocycles. The number of halogens is 1. The van der Waals surface area contributed by atoms with E-state index in [1.54, 1.807) is 57.4 Å². The van der Waals surface area contributed by atoms with Crippen molar-refractivity contribution < 1.29 is 38.1 Å². The smallest absolute Gasteiger partial charge is 0.338 e. The van der Waals surface area contributed by atoms with Crippen molar-refractivity contribution >= 4 is 40.1 Å². The van der Waals surface area contributed by atoms with Crippen LogP contribution in [0.1, 0.15) is 36.6 Å². The molecule has 0 saturated heterocycles. The number of carbonyl (C=O) groups excluding carboxylic acids is 3. The molecule has 3 aromatic carbocycles. The van der Waals surface area contributed by atoms with Gasteiger partial charge in [-0.15, -0.1) is 0 Å². The summed E-state index contributed by atoms with van der Waals surface area (Å²) in [4.78, 5) is 37.2. The van der Waals surface area contributed by atoms with Gasteiger partial charge in [-0.25, -0.2) is 15.0 Å². The number of benzene rings is 3. The van der Waals surface area contributed by atoms with Crippen LogP contribution in [0, 0.1) is 0 Å².